The van der Waals surface area contributed by atoms with Crippen LogP contribution in [0.3, 0.4) is 0 Å². The second-order valence-corrected chi connectivity index (χ2v) is 6.55. The highest BCUT2D eigenvalue weighted by atomic mass is 79.9. The number of phenolic OH excluding ortho intramolecular Hbond substituents is 1. The first kappa shape index (κ1) is 21.0. The van der Waals surface area contributed by atoms with E-state index >= 15 is 0 Å². The third-order valence-electron chi connectivity index (χ3n) is 3.64. The molecule has 0 amide bonds. The first-order valence-corrected chi connectivity index (χ1v) is 7.80. The van der Waals surface area contributed by atoms with Gasteiger partial charge in [-0.15, -0.1) is 24.8 Å². The fraction of sp³-hybridized carbons (Fsp3) is 0.600. The molecule has 1 aromatic rings. The summed E-state index contributed by atoms with van der Waals surface area (Å²) in [5.74, 6) is 1.02. The van der Waals surface area contributed by atoms with Gasteiger partial charge in [-0.05, 0) is 30.5 Å². The fourth-order valence-electron chi connectivity index (χ4n) is 2.71. The minimum absolute atomic E-state index is 0. The van der Waals surface area contributed by atoms with E-state index in [-0.39, 0.29) is 24.8 Å². The van der Waals surface area contributed by atoms with Crippen molar-refractivity contribution >= 4 is 40.7 Å². The molecule has 1 saturated heterocycles. The van der Waals surface area contributed by atoms with E-state index in [1.807, 2.05) is 6.07 Å². The summed E-state index contributed by atoms with van der Waals surface area (Å²) in [6, 6.07) is 6.04. The van der Waals surface area contributed by atoms with Gasteiger partial charge in [-0.25, -0.2) is 0 Å². The quantitative estimate of drug-likeness (QED) is 0.803. The Morgan fingerprint density at radius 1 is 1.24 bits per heavy atom. The van der Waals surface area contributed by atoms with Crippen LogP contribution in [0.5, 0.6) is 5.75 Å². The molecule has 1 heterocycles. The predicted molar refractivity (Wildman–Crippen MR) is 96.9 cm³/mol. The summed E-state index contributed by atoms with van der Waals surface area (Å²) in [6.07, 6.45) is 1.07. The molecule has 21 heavy (non-hydrogen) atoms. The van der Waals surface area contributed by atoms with Crippen LogP contribution in [0, 0.1) is 5.92 Å². The van der Waals surface area contributed by atoms with Crippen LogP contribution in [0.1, 0.15) is 31.9 Å². The van der Waals surface area contributed by atoms with Crippen molar-refractivity contribution in [2.75, 3.05) is 26.2 Å². The van der Waals surface area contributed by atoms with E-state index in [4.69, 9.17) is 0 Å². The summed E-state index contributed by atoms with van der Waals surface area (Å²) >= 11 is 3.51. The molecule has 0 aliphatic carbocycles. The maximum atomic E-state index is 10.2. The first-order chi connectivity index (χ1) is 9.08. The number of piperazine rings is 1. The standard InChI is InChI=1S/C15H23BrN2O.2ClH/c1-11(2)9-14(18-7-5-17-6-8-18)13-10-12(16)3-4-15(13)19;;/h3-4,10-11,14,17,19H,5-9H2,1-2H3;2*1H/t14-;;/m0../s1. The number of rotatable bonds is 4. The molecule has 0 radical (unpaired) electrons. The van der Waals surface area contributed by atoms with Gasteiger partial charge in [0.05, 0.1) is 0 Å². The van der Waals surface area contributed by atoms with E-state index in [0.29, 0.717) is 17.7 Å². The van der Waals surface area contributed by atoms with Crippen LogP contribution in [-0.2, 0) is 0 Å². The average molecular weight is 400 g/mol. The molecule has 1 aliphatic heterocycles. The van der Waals surface area contributed by atoms with E-state index in [1.54, 1.807) is 6.07 Å². The van der Waals surface area contributed by atoms with Crippen LogP contribution in [-0.4, -0.2) is 36.2 Å². The Balaban J connectivity index is 0.00000200. The number of hydrogen-bond acceptors (Lipinski definition) is 3. The summed E-state index contributed by atoms with van der Waals surface area (Å²) in [7, 11) is 0. The third-order valence-corrected chi connectivity index (χ3v) is 4.13. The second-order valence-electron chi connectivity index (χ2n) is 5.63. The van der Waals surface area contributed by atoms with Crippen LogP contribution in [0.2, 0.25) is 0 Å². The molecule has 6 heteroatoms. The number of nitrogens with zero attached hydrogens (tertiary/aromatic N) is 1. The van der Waals surface area contributed by atoms with Gasteiger partial charge < -0.3 is 10.4 Å². The highest BCUT2D eigenvalue weighted by Crippen LogP contribution is 2.35. The van der Waals surface area contributed by atoms with Crippen molar-refractivity contribution < 1.29 is 5.11 Å². The molecule has 0 spiro atoms. The van der Waals surface area contributed by atoms with Crippen molar-refractivity contribution in [3.05, 3.63) is 28.2 Å². The maximum absolute atomic E-state index is 10.2. The Labute approximate surface area is 148 Å². The van der Waals surface area contributed by atoms with Gasteiger partial charge in [0.15, 0.2) is 0 Å². The van der Waals surface area contributed by atoms with Crippen molar-refractivity contribution in [1.82, 2.24) is 10.2 Å². The SMILES string of the molecule is CC(C)C[C@@H](c1cc(Br)ccc1O)N1CCNCC1.Cl.Cl. The van der Waals surface area contributed by atoms with Crippen molar-refractivity contribution in [3.63, 3.8) is 0 Å². The largest absolute Gasteiger partial charge is 0.508 e. The molecule has 3 nitrogen and oxygen atoms in total. The minimum atomic E-state index is 0. The van der Waals surface area contributed by atoms with Gasteiger partial charge in [0, 0.05) is 42.3 Å². The van der Waals surface area contributed by atoms with Gasteiger partial charge in [0.1, 0.15) is 5.75 Å². The number of benzene rings is 1. The monoisotopic (exact) mass is 398 g/mol. The molecule has 0 saturated carbocycles. The van der Waals surface area contributed by atoms with Gasteiger partial charge >= 0.3 is 0 Å². The van der Waals surface area contributed by atoms with Crippen LogP contribution < -0.4 is 5.32 Å². The van der Waals surface area contributed by atoms with Crippen LogP contribution in [0.25, 0.3) is 0 Å². The Morgan fingerprint density at radius 2 is 1.86 bits per heavy atom. The first-order valence-electron chi connectivity index (χ1n) is 7.01. The van der Waals surface area contributed by atoms with Gasteiger partial charge in [-0.1, -0.05) is 29.8 Å². The summed E-state index contributed by atoms with van der Waals surface area (Å²) in [5.41, 5.74) is 1.05. The Bertz CT molecular complexity index is 426. The molecule has 122 valence electrons. The van der Waals surface area contributed by atoms with Gasteiger partial charge in [-0.3, -0.25) is 4.90 Å². The van der Waals surface area contributed by atoms with Gasteiger partial charge in [0.2, 0.25) is 0 Å². The van der Waals surface area contributed by atoms with Crippen LogP contribution in [0.15, 0.2) is 22.7 Å². The summed E-state index contributed by atoms with van der Waals surface area (Å²) in [5, 5.41) is 13.6. The molecule has 1 aliphatic rings. The molecule has 2 rings (SSSR count). The van der Waals surface area contributed by atoms with Crippen LogP contribution in [0.4, 0.5) is 0 Å². The number of phenols is 1. The number of nitrogens with one attached hydrogen (secondary N) is 1. The molecule has 0 aromatic heterocycles. The Morgan fingerprint density at radius 3 is 2.43 bits per heavy atom. The van der Waals surface area contributed by atoms with Crippen LogP contribution >= 0.6 is 40.7 Å². The van der Waals surface area contributed by atoms with Crippen molar-refractivity contribution in [2.24, 2.45) is 5.92 Å². The Hall–Kier alpha value is -0.000000000000000111. The molecule has 0 bridgehead atoms. The van der Waals surface area contributed by atoms with E-state index < -0.39 is 0 Å². The lowest BCUT2D eigenvalue weighted by atomic mass is 9.94. The van der Waals surface area contributed by atoms with E-state index in [9.17, 15) is 5.11 Å². The zero-order chi connectivity index (χ0) is 13.8. The highest BCUT2D eigenvalue weighted by Gasteiger charge is 2.25. The van der Waals surface area contributed by atoms with Gasteiger partial charge in [0.25, 0.3) is 0 Å². The molecule has 0 unspecified atom stereocenters. The van der Waals surface area contributed by atoms with E-state index in [0.717, 1.165) is 42.6 Å². The van der Waals surface area contributed by atoms with Gasteiger partial charge in [-0.2, -0.15) is 0 Å². The highest BCUT2D eigenvalue weighted by molar-refractivity contribution is 9.10. The van der Waals surface area contributed by atoms with Crippen molar-refractivity contribution in [3.8, 4) is 5.75 Å². The lowest BCUT2D eigenvalue weighted by Crippen LogP contribution is -2.45. The van der Waals surface area contributed by atoms with Crippen molar-refractivity contribution in [2.45, 2.75) is 26.3 Å². The lowest BCUT2D eigenvalue weighted by molar-refractivity contribution is 0.151. The summed E-state index contributed by atoms with van der Waals surface area (Å²) < 4.78 is 1.03. The third kappa shape index (κ3) is 5.95. The topological polar surface area (TPSA) is 35.5 Å². The number of hydrogen-bond donors (Lipinski definition) is 2. The average Bonchev–Trinajstić information content (AvgIpc) is 2.40. The fourth-order valence-corrected chi connectivity index (χ4v) is 3.08. The molecule has 2 N–H and O–H groups in total. The lowest BCUT2D eigenvalue weighted by Gasteiger charge is -2.36. The summed E-state index contributed by atoms with van der Waals surface area (Å²) in [6.45, 7) is 8.63. The number of halogens is 3. The molecule has 1 atom stereocenters. The second kappa shape index (κ2) is 9.90. The van der Waals surface area contributed by atoms with Crippen molar-refractivity contribution in [1.29, 1.82) is 0 Å². The normalized spacial score (nSPS) is 17.0. The summed E-state index contributed by atoms with van der Waals surface area (Å²) in [4.78, 5) is 2.48. The molecule has 1 fully saturated rings. The van der Waals surface area contributed by atoms with E-state index in [1.165, 1.54) is 0 Å². The molecular formula is C15H25BrCl2N2O. The number of aromatic hydroxyl groups is 1. The molecular weight excluding hydrogens is 375 g/mol. The minimum Gasteiger partial charge on any atom is -0.508 e. The van der Waals surface area contributed by atoms with E-state index in [2.05, 4.69) is 46.1 Å². The molecule has 1 aromatic carbocycles. The zero-order valence-electron chi connectivity index (χ0n) is 12.5. The zero-order valence-corrected chi connectivity index (χ0v) is 15.7. The predicted octanol–water partition coefficient (Wildman–Crippen LogP) is 3.99. The smallest absolute Gasteiger partial charge is 0.120 e. The Kier molecular flexibility index (Phi) is 9.90. The maximum Gasteiger partial charge on any atom is 0.120 e.